The Labute approximate surface area is 116 Å². The first-order chi connectivity index (χ1) is 9.76. The quantitative estimate of drug-likeness (QED) is 0.763. The molecule has 0 fully saturated rings. The number of phenolic OH excluding ortho intramolecular Hbond substituents is 1. The van der Waals surface area contributed by atoms with Gasteiger partial charge in [0.05, 0.1) is 6.26 Å². The van der Waals surface area contributed by atoms with Crippen LogP contribution in [0.15, 0.2) is 53.1 Å². The maximum absolute atomic E-state index is 9.40. The number of rotatable bonds is 4. The van der Waals surface area contributed by atoms with Gasteiger partial charge in [-0.1, -0.05) is 12.1 Å². The molecule has 1 aromatic heterocycles. The van der Waals surface area contributed by atoms with Crippen molar-refractivity contribution >= 4 is 11.0 Å². The summed E-state index contributed by atoms with van der Waals surface area (Å²) in [5.41, 5.74) is 8.48. The molecular formula is C16H15NO3. The summed E-state index contributed by atoms with van der Waals surface area (Å²) in [4.78, 5) is 0. The van der Waals surface area contributed by atoms with Gasteiger partial charge in [-0.25, -0.2) is 0 Å². The van der Waals surface area contributed by atoms with Gasteiger partial charge in [-0.15, -0.1) is 0 Å². The zero-order valence-corrected chi connectivity index (χ0v) is 10.9. The van der Waals surface area contributed by atoms with Crippen molar-refractivity contribution in [3.63, 3.8) is 0 Å². The van der Waals surface area contributed by atoms with Crippen LogP contribution in [0.4, 0.5) is 0 Å². The van der Waals surface area contributed by atoms with E-state index in [1.807, 2.05) is 18.2 Å². The minimum absolute atomic E-state index is 0.185. The topological polar surface area (TPSA) is 68.6 Å². The number of phenols is 1. The highest BCUT2D eigenvalue weighted by Gasteiger charge is 2.07. The monoisotopic (exact) mass is 269 g/mol. The molecule has 0 radical (unpaired) electrons. The van der Waals surface area contributed by atoms with Crippen LogP contribution in [0, 0.1) is 0 Å². The number of nitrogens with two attached hydrogens (primary N) is 1. The Balaban J connectivity index is 1.83. The molecule has 0 aliphatic heterocycles. The van der Waals surface area contributed by atoms with E-state index in [0.29, 0.717) is 18.9 Å². The molecule has 0 aliphatic rings. The third-order valence-corrected chi connectivity index (χ3v) is 3.17. The van der Waals surface area contributed by atoms with Crippen molar-refractivity contribution in [2.24, 2.45) is 5.73 Å². The fraction of sp³-hybridized carbons (Fsp3) is 0.125. The molecule has 3 aromatic rings. The van der Waals surface area contributed by atoms with E-state index in [0.717, 1.165) is 22.1 Å². The molecule has 0 saturated carbocycles. The highest BCUT2D eigenvalue weighted by atomic mass is 16.5. The summed E-state index contributed by atoms with van der Waals surface area (Å²) in [6.45, 7) is 0.873. The maximum atomic E-state index is 9.40. The first kappa shape index (κ1) is 12.6. The van der Waals surface area contributed by atoms with E-state index in [4.69, 9.17) is 14.9 Å². The van der Waals surface area contributed by atoms with Crippen molar-refractivity contribution in [2.75, 3.05) is 0 Å². The molecular weight excluding hydrogens is 254 g/mol. The Kier molecular flexibility index (Phi) is 3.31. The molecule has 102 valence electrons. The normalized spacial score (nSPS) is 10.8. The summed E-state index contributed by atoms with van der Waals surface area (Å²) in [5, 5.41) is 10.4. The van der Waals surface area contributed by atoms with E-state index in [1.165, 1.54) is 0 Å². The van der Waals surface area contributed by atoms with Crippen molar-refractivity contribution < 1.29 is 14.3 Å². The Morgan fingerprint density at radius 3 is 2.85 bits per heavy atom. The highest BCUT2D eigenvalue weighted by molar-refractivity contribution is 5.81. The molecule has 0 saturated heterocycles. The van der Waals surface area contributed by atoms with Gasteiger partial charge in [-0.3, -0.25) is 0 Å². The zero-order valence-electron chi connectivity index (χ0n) is 10.9. The first-order valence-corrected chi connectivity index (χ1v) is 6.37. The third kappa shape index (κ3) is 2.46. The lowest BCUT2D eigenvalue weighted by atomic mass is 10.1. The zero-order chi connectivity index (χ0) is 13.9. The average molecular weight is 269 g/mol. The SMILES string of the molecule is NCc1ccc2occ(COc3cccc(O)c3)c2c1. The van der Waals surface area contributed by atoms with E-state index in [2.05, 4.69) is 0 Å². The van der Waals surface area contributed by atoms with Crippen molar-refractivity contribution in [2.45, 2.75) is 13.2 Å². The second-order valence-corrected chi connectivity index (χ2v) is 4.58. The number of hydrogen-bond acceptors (Lipinski definition) is 4. The minimum atomic E-state index is 0.185. The summed E-state index contributed by atoms with van der Waals surface area (Å²) in [6, 6.07) is 12.6. The first-order valence-electron chi connectivity index (χ1n) is 6.37. The smallest absolute Gasteiger partial charge is 0.134 e. The number of fused-ring (bicyclic) bond motifs is 1. The molecule has 3 rings (SSSR count). The van der Waals surface area contributed by atoms with E-state index < -0.39 is 0 Å². The third-order valence-electron chi connectivity index (χ3n) is 3.17. The standard InChI is InChI=1S/C16H15NO3/c17-8-11-4-5-16-15(6-11)12(10-20-16)9-19-14-3-1-2-13(18)7-14/h1-7,10,18H,8-9,17H2. The minimum Gasteiger partial charge on any atom is -0.508 e. The molecule has 0 atom stereocenters. The van der Waals surface area contributed by atoms with Crippen LogP contribution in [0.25, 0.3) is 11.0 Å². The Morgan fingerprint density at radius 2 is 2.05 bits per heavy atom. The molecule has 1 heterocycles. The fourth-order valence-corrected chi connectivity index (χ4v) is 2.10. The summed E-state index contributed by atoms with van der Waals surface area (Å²) in [7, 11) is 0. The molecule has 0 aliphatic carbocycles. The van der Waals surface area contributed by atoms with Gasteiger partial charge < -0.3 is 20.0 Å². The van der Waals surface area contributed by atoms with Gasteiger partial charge in [0, 0.05) is 23.6 Å². The molecule has 2 aromatic carbocycles. The van der Waals surface area contributed by atoms with Crippen LogP contribution in [-0.4, -0.2) is 5.11 Å². The fourth-order valence-electron chi connectivity index (χ4n) is 2.10. The summed E-state index contributed by atoms with van der Waals surface area (Å²) < 4.78 is 11.2. The van der Waals surface area contributed by atoms with Crippen molar-refractivity contribution in [3.05, 3.63) is 59.9 Å². The van der Waals surface area contributed by atoms with Gasteiger partial charge in [-0.2, -0.15) is 0 Å². The molecule has 4 nitrogen and oxygen atoms in total. The summed E-state index contributed by atoms with van der Waals surface area (Å²) in [6.07, 6.45) is 1.69. The van der Waals surface area contributed by atoms with Gasteiger partial charge in [0.15, 0.2) is 0 Å². The van der Waals surface area contributed by atoms with Gasteiger partial charge in [0.2, 0.25) is 0 Å². The molecule has 4 heteroatoms. The van der Waals surface area contributed by atoms with Crippen molar-refractivity contribution in [3.8, 4) is 11.5 Å². The van der Waals surface area contributed by atoms with Gasteiger partial charge >= 0.3 is 0 Å². The van der Waals surface area contributed by atoms with Crippen LogP contribution in [0.3, 0.4) is 0 Å². The predicted molar refractivity (Wildman–Crippen MR) is 76.5 cm³/mol. The lowest BCUT2D eigenvalue weighted by Crippen LogP contribution is -1.97. The highest BCUT2D eigenvalue weighted by Crippen LogP contribution is 2.25. The number of hydrogen-bond donors (Lipinski definition) is 2. The summed E-state index contributed by atoms with van der Waals surface area (Å²) >= 11 is 0. The number of aromatic hydroxyl groups is 1. The second-order valence-electron chi connectivity index (χ2n) is 4.58. The van der Waals surface area contributed by atoms with Gasteiger partial charge in [0.1, 0.15) is 23.7 Å². The van der Waals surface area contributed by atoms with Crippen molar-refractivity contribution in [1.29, 1.82) is 0 Å². The molecule has 0 bridgehead atoms. The summed E-state index contributed by atoms with van der Waals surface area (Å²) in [5.74, 6) is 0.805. The lowest BCUT2D eigenvalue weighted by Gasteiger charge is -2.05. The molecule has 0 spiro atoms. The lowest BCUT2D eigenvalue weighted by molar-refractivity contribution is 0.304. The molecule has 3 N–H and O–H groups in total. The maximum Gasteiger partial charge on any atom is 0.134 e. The van der Waals surface area contributed by atoms with Gasteiger partial charge in [-0.05, 0) is 29.8 Å². The Bertz CT molecular complexity index is 733. The number of furan rings is 1. The molecule has 20 heavy (non-hydrogen) atoms. The molecule has 0 unspecified atom stereocenters. The van der Waals surface area contributed by atoms with Crippen LogP contribution >= 0.6 is 0 Å². The van der Waals surface area contributed by atoms with E-state index in [9.17, 15) is 5.11 Å². The van der Waals surface area contributed by atoms with Crippen LogP contribution in [-0.2, 0) is 13.2 Å². The van der Waals surface area contributed by atoms with Crippen molar-refractivity contribution in [1.82, 2.24) is 0 Å². The van der Waals surface area contributed by atoms with Crippen LogP contribution in [0.5, 0.6) is 11.5 Å². The van der Waals surface area contributed by atoms with Crippen LogP contribution in [0.1, 0.15) is 11.1 Å². The van der Waals surface area contributed by atoms with E-state index in [1.54, 1.807) is 30.5 Å². The van der Waals surface area contributed by atoms with Gasteiger partial charge in [0.25, 0.3) is 0 Å². The van der Waals surface area contributed by atoms with Crippen LogP contribution < -0.4 is 10.5 Å². The Hall–Kier alpha value is -2.46. The van der Waals surface area contributed by atoms with Crippen LogP contribution in [0.2, 0.25) is 0 Å². The van der Waals surface area contributed by atoms with E-state index in [-0.39, 0.29) is 5.75 Å². The Morgan fingerprint density at radius 1 is 1.15 bits per heavy atom. The number of benzene rings is 2. The average Bonchev–Trinajstić information content (AvgIpc) is 2.87. The number of ether oxygens (including phenoxy) is 1. The molecule has 0 amide bonds. The van der Waals surface area contributed by atoms with E-state index >= 15 is 0 Å². The largest absolute Gasteiger partial charge is 0.508 e. The predicted octanol–water partition coefficient (Wildman–Crippen LogP) is 3.18. The second kappa shape index (κ2) is 5.27.